The van der Waals surface area contributed by atoms with Gasteiger partial charge in [-0.2, -0.15) is 0 Å². The van der Waals surface area contributed by atoms with Crippen LogP contribution in [0.4, 0.5) is 10.2 Å². The average molecular weight is 599 g/mol. The minimum atomic E-state index is -3.56. The van der Waals surface area contributed by atoms with Crippen molar-refractivity contribution >= 4 is 39.0 Å². The van der Waals surface area contributed by atoms with Crippen LogP contribution in [0.3, 0.4) is 0 Å². The van der Waals surface area contributed by atoms with E-state index in [0.717, 1.165) is 22.4 Å². The molecule has 0 aliphatic carbocycles. The van der Waals surface area contributed by atoms with Gasteiger partial charge in [0, 0.05) is 0 Å². The zero-order valence-electron chi connectivity index (χ0n) is 24.3. The number of rotatable bonds is 9. The number of hydrogen-bond acceptors (Lipinski definition) is 3. The number of aromatic nitrogens is 1. The van der Waals surface area contributed by atoms with Crippen molar-refractivity contribution in [1.29, 1.82) is 0 Å². The first-order chi connectivity index (χ1) is 20.1. The van der Waals surface area contributed by atoms with Crippen LogP contribution in [-0.4, -0.2) is 26.7 Å². The molecule has 5 aromatic rings. The van der Waals surface area contributed by atoms with E-state index in [9.17, 15) is 12.8 Å². The number of hydrogen-bond donors (Lipinski definition) is 0. The second-order valence-corrected chi connectivity index (χ2v) is 16.9. The first-order valence-corrected chi connectivity index (χ1v) is 18.1. The van der Waals surface area contributed by atoms with Gasteiger partial charge >= 0.3 is 250 Å². The van der Waals surface area contributed by atoms with Crippen molar-refractivity contribution in [2.45, 2.75) is 25.9 Å². The Labute approximate surface area is 249 Å². The van der Waals surface area contributed by atoms with Gasteiger partial charge in [-0.1, -0.05) is 0 Å². The monoisotopic (exact) mass is 598 g/mol. The van der Waals surface area contributed by atoms with Gasteiger partial charge in [0.1, 0.15) is 0 Å². The summed E-state index contributed by atoms with van der Waals surface area (Å²) in [6, 6.07) is 40.3. The Morgan fingerprint density at radius 2 is 1.21 bits per heavy atom. The van der Waals surface area contributed by atoms with Gasteiger partial charge in [0.15, 0.2) is 0 Å². The summed E-state index contributed by atoms with van der Waals surface area (Å²) in [5.74, 6) is 0.0188. The van der Waals surface area contributed by atoms with E-state index in [2.05, 4.69) is 86.6 Å². The second-order valence-electron chi connectivity index (χ2n) is 11.0. The molecular weight excluding hydrogens is 562 g/mol. The molecule has 216 valence electrons. The molecule has 0 aliphatic rings. The first-order valence-electron chi connectivity index (χ1n) is 14.0. The Balaban J connectivity index is 1.89. The molecule has 1 heterocycles. The molecule has 42 heavy (non-hydrogen) atoms. The van der Waals surface area contributed by atoms with Crippen LogP contribution < -0.4 is 20.2 Å². The summed E-state index contributed by atoms with van der Waals surface area (Å²) in [5.41, 5.74) is 3.56. The summed E-state index contributed by atoms with van der Waals surface area (Å²) in [7, 11) is -4.78. The number of halogens is 1. The fourth-order valence-electron chi connectivity index (χ4n) is 5.70. The van der Waals surface area contributed by atoms with E-state index in [1.165, 1.54) is 45.7 Å². The molecule has 0 N–H and O–H groups in total. The molecule has 0 fully saturated rings. The summed E-state index contributed by atoms with van der Waals surface area (Å²) in [5, 5.41) is 3.79. The van der Waals surface area contributed by atoms with Crippen molar-refractivity contribution in [2.75, 3.05) is 17.6 Å². The van der Waals surface area contributed by atoms with E-state index in [0.29, 0.717) is 12.0 Å². The van der Waals surface area contributed by atoms with Crippen molar-refractivity contribution in [3.63, 3.8) is 0 Å². The molecule has 0 unspecified atom stereocenters. The van der Waals surface area contributed by atoms with Crippen LogP contribution in [0, 0.1) is 5.82 Å². The third-order valence-corrected chi connectivity index (χ3v) is 13.9. The molecule has 0 aliphatic heterocycles. The Bertz CT molecular complexity index is 1670. The maximum atomic E-state index is 14.1. The molecule has 0 atom stereocenters. The standard InChI is InChI=1S/C35H36FN2O2PS/c1-26(2)35-33(32(27-20-22-28(36)23-21-27)24-34(37-35)38(3)42(4,39)40)25-41(29-14-8-5-9-15-29,30-16-10-6-11-17-30)31-18-12-7-13-19-31/h5-24,26,41H,25H2,1-4H3. The number of nitrogens with zero attached hydrogens (tertiary/aromatic N) is 2. The predicted octanol–water partition coefficient (Wildman–Crippen LogP) is 6.63. The van der Waals surface area contributed by atoms with Crippen LogP contribution in [0.1, 0.15) is 31.0 Å². The molecule has 0 bridgehead atoms. The molecule has 4 nitrogen and oxygen atoms in total. The van der Waals surface area contributed by atoms with Crippen LogP contribution in [0.15, 0.2) is 121 Å². The van der Waals surface area contributed by atoms with Crippen molar-refractivity contribution in [1.82, 2.24) is 4.98 Å². The number of anilines is 1. The average Bonchev–Trinajstić information content (AvgIpc) is 3.00. The summed E-state index contributed by atoms with van der Waals surface area (Å²) in [4.78, 5) is 5.00. The maximum absolute atomic E-state index is 14.1. The Kier molecular flexibility index (Phi) is 8.58. The Morgan fingerprint density at radius 1 is 0.762 bits per heavy atom. The van der Waals surface area contributed by atoms with Crippen molar-refractivity contribution in [2.24, 2.45) is 0 Å². The third kappa shape index (κ3) is 5.88. The molecule has 0 radical (unpaired) electrons. The van der Waals surface area contributed by atoms with Crippen LogP contribution in [0.25, 0.3) is 11.1 Å². The van der Waals surface area contributed by atoms with Gasteiger partial charge in [0.25, 0.3) is 0 Å². The molecule has 0 spiro atoms. The van der Waals surface area contributed by atoms with Crippen LogP contribution >= 0.6 is 7.26 Å². The van der Waals surface area contributed by atoms with E-state index >= 15 is 0 Å². The van der Waals surface area contributed by atoms with Gasteiger partial charge in [-0.25, -0.2) is 0 Å². The van der Waals surface area contributed by atoms with Gasteiger partial charge in [-0.3, -0.25) is 0 Å². The van der Waals surface area contributed by atoms with Crippen molar-refractivity contribution in [3.8, 4) is 11.1 Å². The van der Waals surface area contributed by atoms with E-state index in [-0.39, 0.29) is 11.7 Å². The second kappa shape index (κ2) is 12.2. The van der Waals surface area contributed by atoms with Crippen molar-refractivity contribution < 1.29 is 12.8 Å². The molecule has 0 saturated heterocycles. The van der Waals surface area contributed by atoms with Gasteiger partial charge in [0.2, 0.25) is 0 Å². The van der Waals surface area contributed by atoms with E-state index in [1.807, 2.05) is 24.3 Å². The van der Waals surface area contributed by atoms with Gasteiger partial charge in [-0.15, -0.1) is 0 Å². The molecule has 1 aromatic heterocycles. The first kappa shape index (κ1) is 29.6. The number of sulfonamides is 1. The Morgan fingerprint density at radius 3 is 1.62 bits per heavy atom. The van der Waals surface area contributed by atoms with E-state index < -0.39 is 17.3 Å². The molecule has 7 heteroatoms. The SMILES string of the molecule is CC(C)c1nc(N(C)S(C)(=O)=O)cc(-c2ccc(F)cc2)c1C[PH](c1ccccc1)(c1ccccc1)c1ccccc1. The Hall–Kier alpha value is -3.86. The summed E-state index contributed by atoms with van der Waals surface area (Å²) < 4.78 is 40.6. The predicted molar refractivity (Wildman–Crippen MR) is 177 cm³/mol. The van der Waals surface area contributed by atoms with Crippen LogP contribution in [-0.2, 0) is 16.2 Å². The number of pyridine rings is 1. The van der Waals surface area contributed by atoms with Crippen molar-refractivity contribution in [3.05, 3.63) is 138 Å². The van der Waals surface area contributed by atoms with Gasteiger partial charge < -0.3 is 0 Å². The minimum absolute atomic E-state index is 0.00105. The summed E-state index contributed by atoms with van der Waals surface area (Å²) in [6.45, 7) is 4.17. The molecule has 5 rings (SSSR count). The summed E-state index contributed by atoms with van der Waals surface area (Å²) >= 11 is 0. The third-order valence-electron chi connectivity index (χ3n) is 7.91. The zero-order valence-corrected chi connectivity index (χ0v) is 26.1. The van der Waals surface area contributed by atoms with Crippen LogP contribution in [0.5, 0.6) is 0 Å². The topological polar surface area (TPSA) is 50.3 Å². The normalized spacial score (nSPS) is 12.3. The number of benzene rings is 4. The zero-order chi connectivity index (χ0) is 29.9. The molecule has 0 amide bonds. The molecule has 0 saturated carbocycles. The van der Waals surface area contributed by atoms with Gasteiger partial charge in [-0.05, 0) is 0 Å². The fourth-order valence-corrected chi connectivity index (χ4v) is 10.9. The quantitative estimate of drug-likeness (QED) is 0.179. The summed E-state index contributed by atoms with van der Waals surface area (Å²) in [6.07, 6.45) is 1.86. The van der Waals surface area contributed by atoms with E-state index in [4.69, 9.17) is 4.98 Å². The van der Waals surface area contributed by atoms with Crippen LogP contribution in [0.2, 0.25) is 0 Å². The van der Waals surface area contributed by atoms with E-state index in [1.54, 1.807) is 12.1 Å². The molecule has 4 aromatic carbocycles. The van der Waals surface area contributed by atoms with Gasteiger partial charge in [0.05, 0.1) is 0 Å². The molecular formula is C35H36FN2O2PS. The fraction of sp³-hybridized carbons (Fsp3) is 0.171.